The fourth-order valence-corrected chi connectivity index (χ4v) is 2.31. The van der Waals surface area contributed by atoms with Gasteiger partial charge in [0.15, 0.2) is 0 Å². The molecule has 110 valence electrons. The Morgan fingerprint density at radius 2 is 1.36 bits per heavy atom. The number of hydrogen-bond acceptors (Lipinski definition) is 4. The lowest BCUT2D eigenvalue weighted by Gasteiger charge is -2.08. The van der Waals surface area contributed by atoms with Gasteiger partial charge >= 0.3 is 0 Å². The molecule has 0 fully saturated rings. The standard InChI is InChI=1S/C18H17N3O/c22-11-5-6-14-12-17(15-7-1-3-9-19-15)21-18(13-14)16-8-2-4-10-20-16/h1-4,7-10,12-13,22H,5-6,11H2. The second-order valence-corrected chi connectivity index (χ2v) is 5.00. The third-order valence-corrected chi connectivity index (χ3v) is 3.36. The van der Waals surface area contributed by atoms with Gasteiger partial charge in [-0.3, -0.25) is 9.97 Å². The van der Waals surface area contributed by atoms with E-state index in [-0.39, 0.29) is 6.61 Å². The highest BCUT2D eigenvalue weighted by molar-refractivity contribution is 5.63. The van der Waals surface area contributed by atoms with E-state index in [1.807, 2.05) is 48.5 Å². The molecule has 3 aromatic rings. The Balaban J connectivity index is 2.06. The van der Waals surface area contributed by atoms with Gasteiger partial charge in [0.1, 0.15) is 0 Å². The summed E-state index contributed by atoms with van der Waals surface area (Å²) < 4.78 is 0. The summed E-state index contributed by atoms with van der Waals surface area (Å²) in [4.78, 5) is 13.4. The van der Waals surface area contributed by atoms with Crippen LogP contribution < -0.4 is 0 Å². The number of hydrogen-bond donors (Lipinski definition) is 1. The van der Waals surface area contributed by atoms with Gasteiger partial charge in [0.25, 0.3) is 0 Å². The van der Waals surface area contributed by atoms with Gasteiger partial charge in [0, 0.05) is 19.0 Å². The van der Waals surface area contributed by atoms with Gasteiger partial charge in [-0.1, -0.05) is 12.1 Å². The molecule has 4 nitrogen and oxygen atoms in total. The molecule has 0 saturated carbocycles. The van der Waals surface area contributed by atoms with E-state index in [0.29, 0.717) is 0 Å². The highest BCUT2D eigenvalue weighted by Crippen LogP contribution is 2.23. The Morgan fingerprint density at radius 1 is 0.773 bits per heavy atom. The van der Waals surface area contributed by atoms with Crippen molar-refractivity contribution >= 4 is 0 Å². The van der Waals surface area contributed by atoms with Gasteiger partial charge in [-0.05, 0) is 54.8 Å². The predicted molar refractivity (Wildman–Crippen MR) is 86.1 cm³/mol. The van der Waals surface area contributed by atoms with Crippen molar-refractivity contribution in [1.82, 2.24) is 15.0 Å². The second kappa shape index (κ2) is 6.91. The zero-order valence-corrected chi connectivity index (χ0v) is 12.2. The smallest absolute Gasteiger partial charge is 0.0897 e. The Hall–Kier alpha value is -2.59. The zero-order valence-electron chi connectivity index (χ0n) is 12.2. The van der Waals surface area contributed by atoms with Gasteiger partial charge in [-0.15, -0.1) is 0 Å². The van der Waals surface area contributed by atoms with Crippen LogP contribution in [0.5, 0.6) is 0 Å². The quantitative estimate of drug-likeness (QED) is 0.784. The summed E-state index contributed by atoms with van der Waals surface area (Å²) in [5, 5.41) is 9.06. The first-order chi connectivity index (χ1) is 10.9. The normalized spacial score (nSPS) is 10.6. The van der Waals surface area contributed by atoms with Gasteiger partial charge in [0.05, 0.1) is 22.8 Å². The van der Waals surface area contributed by atoms with Gasteiger partial charge in [-0.25, -0.2) is 4.98 Å². The van der Waals surface area contributed by atoms with E-state index < -0.39 is 0 Å². The lowest BCUT2D eigenvalue weighted by molar-refractivity contribution is 0.288. The van der Waals surface area contributed by atoms with Crippen LogP contribution in [0.4, 0.5) is 0 Å². The van der Waals surface area contributed by atoms with Crippen molar-refractivity contribution in [3.63, 3.8) is 0 Å². The molecule has 1 N–H and O–H groups in total. The molecule has 0 unspecified atom stereocenters. The van der Waals surface area contributed by atoms with Crippen LogP contribution in [0.1, 0.15) is 12.0 Å². The van der Waals surface area contributed by atoms with Gasteiger partial charge in [-0.2, -0.15) is 0 Å². The number of aryl methyl sites for hydroxylation is 1. The minimum absolute atomic E-state index is 0.181. The van der Waals surface area contributed by atoms with E-state index in [1.54, 1.807) is 12.4 Å². The van der Waals surface area contributed by atoms with E-state index in [1.165, 1.54) is 0 Å². The second-order valence-electron chi connectivity index (χ2n) is 5.00. The third kappa shape index (κ3) is 3.35. The van der Waals surface area contributed by atoms with Crippen molar-refractivity contribution in [2.75, 3.05) is 6.61 Å². The van der Waals surface area contributed by atoms with Crippen LogP contribution in [-0.4, -0.2) is 26.7 Å². The van der Waals surface area contributed by atoms with Crippen LogP contribution in [0.3, 0.4) is 0 Å². The van der Waals surface area contributed by atoms with Crippen LogP contribution >= 0.6 is 0 Å². The van der Waals surface area contributed by atoms with E-state index in [0.717, 1.165) is 41.2 Å². The SMILES string of the molecule is OCCCc1cc(-c2ccccn2)nc(-c2ccccn2)c1. The van der Waals surface area contributed by atoms with Crippen molar-refractivity contribution in [3.05, 3.63) is 66.5 Å². The zero-order chi connectivity index (χ0) is 15.2. The van der Waals surface area contributed by atoms with Crippen LogP contribution in [0.2, 0.25) is 0 Å². The molecule has 0 radical (unpaired) electrons. The topological polar surface area (TPSA) is 58.9 Å². The lowest BCUT2D eigenvalue weighted by atomic mass is 10.1. The summed E-state index contributed by atoms with van der Waals surface area (Å²) in [6, 6.07) is 15.6. The average Bonchev–Trinajstić information content (AvgIpc) is 2.61. The Bertz CT molecular complexity index is 672. The molecule has 0 aromatic carbocycles. The third-order valence-electron chi connectivity index (χ3n) is 3.36. The summed E-state index contributed by atoms with van der Waals surface area (Å²) in [6.45, 7) is 0.181. The Kier molecular flexibility index (Phi) is 4.51. The van der Waals surface area contributed by atoms with Crippen molar-refractivity contribution in [2.45, 2.75) is 12.8 Å². The highest BCUT2D eigenvalue weighted by Gasteiger charge is 2.08. The lowest BCUT2D eigenvalue weighted by Crippen LogP contribution is -1.97. The molecule has 0 aliphatic carbocycles. The molecular weight excluding hydrogens is 274 g/mol. The summed E-state index contributed by atoms with van der Waals surface area (Å²) in [7, 11) is 0. The van der Waals surface area contributed by atoms with Gasteiger partial charge in [0.2, 0.25) is 0 Å². The molecule has 3 heterocycles. The van der Waals surface area contributed by atoms with Crippen molar-refractivity contribution < 1.29 is 5.11 Å². The van der Waals surface area contributed by atoms with Crippen molar-refractivity contribution in [2.24, 2.45) is 0 Å². The number of aliphatic hydroxyl groups excluding tert-OH is 1. The average molecular weight is 291 g/mol. The molecule has 0 saturated heterocycles. The molecule has 0 atom stereocenters. The van der Waals surface area contributed by atoms with Crippen LogP contribution in [0.25, 0.3) is 22.8 Å². The highest BCUT2D eigenvalue weighted by atomic mass is 16.2. The summed E-state index contributed by atoms with van der Waals surface area (Å²) in [6.07, 6.45) is 5.06. The summed E-state index contributed by atoms with van der Waals surface area (Å²) in [5.74, 6) is 0. The molecule has 22 heavy (non-hydrogen) atoms. The molecular formula is C18H17N3O. The number of nitrogens with zero attached hydrogens (tertiary/aromatic N) is 3. The molecule has 0 amide bonds. The summed E-state index contributed by atoms with van der Waals surface area (Å²) >= 11 is 0. The molecule has 0 aliphatic rings. The van der Waals surface area contributed by atoms with Crippen molar-refractivity contribution in [3.8, 4) is 22.8 Å². The molecule has 0 spiro atoms. The van der Waals surface area contributed by atoms with E-state index in [4.69, 9.17) is 10.1 Å². The first-order valence-corrected chi connectivity index (χ1v) is 7.31. The van der Waals surface area contributed by atoms with E-state index >= 15 is 0 Å². The van der Waals surface area contributed by atoms with Crippen LogP contribution in [0.15, 0.2) is 60.9 Å². The fraction of sp³-hybridized carbons (Fsp3) is 0.167. The van der Waals surface area contributed by atoms with Crippen molar-refractivity contribution in [1.29, 1.82) is 0 Å². The van der Waals surface area contributed by atoms with E-state index in [9.17, 15) is 0 Å². The molecule has 4 heteroatoms. The number of aliphatic hydroxyl groups is 1. The number of aromatic nitrogens is 3. The maximum absolute atomic E-state index is 9.06. The maximum Gasteiger partial charge on any atom is 0.0897 e. The monoisotopic (exact) mass is 291 g/mol. The molecule has 0 aliphatic heterocycles. The minimum Gasteiger partial charge on any atom is -0.396 e. The molecule has 0 bridgehead atoms. The first kappa shape index (κ1) is 14.4. The minimum atomic E-state index is 0.181. The van der Waals surface area contributed by atoms with E-state index in [2.05, 4.69) is 9.97 Å². The van der Waals surface area contributed by atoms with Gasteiger partial charge < -0.3 is 5.11 Å². The molecule has 3 aromatic heterocycles. The largest absolute Gasteiger partial charge is 0.396 e. The maximum atomic E-state index is 9.06. The number of pyridine rings is 3. The predicted octanol–water partition coefficient (Wildman–Crippen LogP) is 3.13. The Morgan fingerprint density at radius 3 is 1.82 bits per heavy atom. The Labute approximate surface area is 129 Å². The fourth-order valence-electron chi connectivity index (χ4n) is 2.31. The molecule has 3 rings (SSSR count). The summed E-state index contributed by atoms with van der Waals surface area (Å²) in [5.41, 5.74) is 4.47. The van der Waals surface area contributed by atoms with Crippen LogP contribution in [-0.2, 0) is 6.42 Å². The van der Waals surface area contributed by atoms with Crippen LogP contribution in [0, 0.1) is 0 Å². The number of rotatable bonds is 5. The first-order valence-electron chi connectivity index (χ1n) is 7.31.